The second-order valence-corrected chi connectivity index (χ2v) is 13.3. The first-order valence-electron chi connectivity index (χ1n) is 14.9. The highest BCUT2D eigenvalue weighted by atomic mass is 32.2. The number of allylic oxidation sites excluding steroid dienone is 1. The zero-order valence-electron chi connectivity index (χ0n) is 26.6. The molecule has 0 aliphatic carbocycles. The number of alkyl carbamates (subject to hydrolysis) is 1. The topological polar surface area (TPSA) is 95.6 Å². The Hall–Kier alpha value is -2.56. The third kappa shape index (κ3) is 13.2. The quantitative estimate of drug-likeness (QED) is 0.181. The minimum absolute atomic E-state index is 0.0305. The van der Waals surface area contributed by atoms with Gasteiger partial charge in [0.15, 0.2) is 0 Å². The lowest BCUT2D eigenvalue weighted by Gasteiger charge is -2.29. The van der Waals surface area contributed by atoms with Gasteiger partial charge >= 0.3 is 12.1 Å². The molecule has 0 aliphatic heterocycles. The Morgan fingerprint density at radius 2 is 1.81 bits per heavy atom. The molecule has 0 saturated heterocycles. The number of aromatic nitrogens is 1. The third-order valence-corrected chi connectivity index (χ3v) is 9.19. The molecule has 10 heteroatoms. The van der Waals surface area contributed by atoms with Gasteiger partial charge in [-0.2, -0.15) is 0 Å². The number of rotatable bonds is 17. The van der Waals surface area contributed by atoms with Crippen molar-refractivity contribution < 1.29 is 14.3 Å². The Balaban J connectivity index is 1.94. The number of nitrogens with zero attached hydrogens (tertiary/aromatic N) is 2. The van der Waals surface area contributed by atoms with Gasteiger partial charge in [-0.05, 0) is 50.8 Å². The Labute approximate surface area is 261 Å². The van der Waals surface area contributed by atoms with E-state index in [2.05, 4.69) is 72.9 Å². The molecule has 3 amide bonds. The molecule has 1 aromatic carbocycles. The molecule has 8 nitrogen and oxygen atoms in total. The van der Waals surface area contributed by atoms with E-state index in [-0.39, 0.29) is 36.7 Å². The van der Waals surface area contributed by atoms with Crippen molar-refractivity contribution in [2.75, 3.05) is 26.5 Å². The van der Waals surface area contributed by atoms with Gasteiger partial charge < -0.3 is 25.6 Å². The van der Waals surface area contributed by atoms with Crippen LogP contribution in [0.25, 0.3) is 0 Å². The summed E-state index contributed by atoms with van der Waals surface area (Å²) >= 11 is 3.22. The average Bonchev–Trinajstić information content (AvgIpc) is 3.43. The minimum atomic E-state index is -0.395. The molecular formula is C32H51N5O3S2. The summed E-state index contributed by atoms with van der Waals surface area (Å²) in [5, 5.41) is 13.0. The van der Waals surface area contributed by atoms with E-state index >= 15 is 0 Å². The van der Waals surface area contributed by atoms with Crippen molar-refractivity contribution in [3.05, 3.63) is 63.0 Å². The van der Waals surface area contributed by atoms with E-state index in [0.717, 1.165) is 34.9 Å². The predicted octanol–water partition coefficient (Wildman–Crippen LogP) is 6.80. The van der Waals surface area contributed by atoms with Crippen molar-refractivity contribution in [2.24, 2.45) is 5.92 Å². The van der Waals surface area contributed by atoms with Crippen LogP contribution in [-0.4, -0.2) is 66.6 Å². The van der Waals surface area contributed by atoms with E-state index in [0.29, 0.717) is 19.0 Å². The molecule has 0 saturated carbocycles. The summed E-state index contributed by atoms with van der Waals surface area (Å²) in [5.41, 5.74) is 2.17. The lowest BCUT2D eigenvalue weighted by atomic mass is 9.98. The second kappa shape index (κ2) is 18.9. The monoisotopic (exact) mass is 617 g/mol. The number of benzene rings is 1. The standard InChI is InChI=1S/C32H51N5O3S2/c1-9-28(41-8)20-40-32(39)34-24(6)15-16-26(17-25-13-11-10-12-14-25)33-18-29(22(2)3)36-31(38)37(7)19-27-21-42-30(35-27)23(4)5/h9-14,21-24,26,29,33H,15-20H2,1-8H3,(H,34,39)(H,36,38)/b28-9-. The molecule has 0 fully saturated rings. The molecule has 234 valence electrons. The maximum absolute atomic E-state index is 13.1. The number of thioether (sulfide) groups is 1. The maximum Gasteiger partial charge on any atom is 0.407 e. The van der Waals surface area contributed by atoms with Gasteiger partial charge in [0.2, 0.25) is 0 Å². The first-order valence-corrected chi connectivity index (χ1v) is 17.0. The van der Waals surface area contributed by atoms with Gasteiger partial charge in [-0.25, -0.2) is 14.6 Å². The fourth-order valence-corrected chi connectivity index (χ4v) is 5.57. The molecule has 0 aliphatic rings. The molecule has 2 rings (SSSR count). The molecule has 0 spiro atoms. The van der Waals surface area contributed by atoms with E-state index in [9.17, 15) is 9.59 Å². The van der Waals surface area contributed by atoms with Crippen molar-refractivity contribution in [2.45, 2.75) is 91.4 Å². The lowest BCUT2D eigenvalue weighted by molar-refractivity contribution is 0.153. The van der Waals surface area contributed by atoms with Gasteiger partial charge in [-0.1, -0.05) is 64.1 Å². The van der Waals surface area contributed by atoms with E-state index < -0.39 is 6.09 Å². The van der Waals surface area contributed by atoms with E-state index in [4.69, 9.17) is 4.74 Å². The van der Waals surface area contributed by atoms with Crippen molar-refractivity contribution in [3.63, 3.8) is 0 Å². The largest absolute Gasteiger partial charge is 0.444 e. The van der Waals surface area contributed by atoms with Crippen molar-refractivity contribution >= 4 is 35.2 Å². The number of carbonyl (C=O) groups excluding carboxylic acids is 2. The average molecular weight is 618 g/mol. The van der Waals surface area contributed by atoms with Crippen LogP contribution in [0.2, 0.25) is 0 Å². The molecular weight excluding hydrogens is 567 g/mol. The maximum atomic E-state index is 13.1. The number of thiazole rings is 1. The molecule has 2 aromatic rings. The van der Waals surface area contributed by atoms with Gasteiger partial charge in [0.05, 0.1) is 17.2 Å². The normalized spacial score (nSPS) is 14.0. The summed E-state index contributed by atoms with van der Waals surface area (Å²) in [7, 11) is 1.81. The van der Waals surface area contributed by atoms with Crippen LogP contribution in [0, 0.1) is 5.92 Å². The zero-order chi connectivity index (χ0) is 31.1. The van der Waals surface area contributed by atoms with Crippen LogP contribution < -0.4 is 16.0 Å². The number of nitrogens with one attached hydrogen (secondary N) is 3. The molecule has 42 heavy (non-hydrogen) atoms. The SMILES string of the molecule is C/C=C(/COC(=O)NC(C)CCC(Cc1ccccc1)NCC(NC(=O)N(C)Cc1csc(C(C)C)n1)C(C)C)SC. The van der Waals surface area contributed by atoms with E-state index in [1.54, 1.807) is 28.0 Å². The number of amides is 3. The van der Waals surface area contributed by atoms with Gasteiger partial charge in [0, 0.05) is 47.9 Å². The first kappa shape index (κ1) is 35.6. The molecule has 3 unspecified atom stereocenters. The lowest BCUT2D eigenvalue weighted by Crippen LogP contribution is -2.51. The summed E-state index contributed by atoms with van der Waals surface area (Å²) in [4.78, 5) is 32.8. The van der Waals surface area contributed by atoms with Crippen molar-refractivity contribution in [1.29, 1.82) is 0 Å². The van der Waals surface area contributed by atoms with Crippen molar-refractivity contribution in [1.82, 2.24) is 25.8 Å². The fourth-order valence-electron chi connectivity index (χ4n) is 4.33. The summed E-state index contributed by atoms with van der Waals surface area (Å²) in [5.74, 6) is 0.629. The Morgan fingerprint density at radius 3 is 2.40 bits per heavy atom. The second-order valence-electron chi connectivity index (χ2n) is 11.4. The molecule has 1 aromatic heterocycles. The van der Waals surface area contributed by atoms with Crippen LogP contribution in [0.4, 0.5) is 9.59 Å². The predicted molar refractivity (Wildman–Crippen MR) is 177 cm³/mol. The number of urea groups is 1. The minimum Gasteiger partial charge on any atom is -0.444 e. The number of carbonyl (C=O) groups is 2. The summed E-state index contributed by atoms with van der Waals surface area (Å²) in [6.07, 6.45) is 6.05. The smallest absolute Gasteiger partial charge is 0.407 e. The van der Waals surface area contributed by atoms with Crippen LogP contribution in [0.15, 0.2) is 46.7 Å². The molecule has 0 bridgehead atoms. The summed E-state index contributed by atoms with van der Waals surface area (Å²) < 4.78 is 5.37. The fraction of sp³-hybridized carbons (Fsp3) is 0.594. The van der Waals surface area contributed by atoms with Gasteiger partial charge in [-0.3, -0.25) is 0 Å². The van der Waals surface area contributed by atoms with Crippen LogP contribution in [-0.2, 0) is 17.7 Å². The Morgan fingerprint density at radius 1 is 1.10 bits per heavy atom. The molecule has 3 atom stereocenters. The number of hydrogen-bond acceptors (Lipinski definition) is 7. The summed E-state index contributed by atoms with van der Waals surface area (Å²) in [6.45, 7) is 13.9. The van der Waals surface area contributed by atoms with Crippen LogP contribution in [0.1, 0.15) is 76.6 Å². The Kier molecular flexibility index (Phi) is 16.0. The number of hydrogen-bond donors (Lipinski definition) is 3. The van der Waals surface area contributed by atoms with Crippen LogP contribution >= 0.6 is 23.1 Å². The van der Waals surface area contributed by atoms with E-state index in [1.807, 2.05) is 44.7 Å². The van der Waals surface area contributed by atoms with Gasteiger partial charge in [0.25, 0.3) is 0 Å². The summed E-state index contributed by atoms with van der Waals surface area (Å²) in [6, 6.07) is 10.4. The van der Waals surface area contributed by atoms with Crippen LogP contribution in [0.3, 0.4) is 0 Å². The molecule has 0 radical (unpaired) electrons. The Bertz CT molecular complexity index is 1110. The molecule has 3 N–H and O–H groups in total. The molecule has 1 heterocycles. The first-order chi connectivity index (χ1) is 20.0. The number of ether oxygens (including phenoxy) is 1. The van der Waals surface area contributed by atoms with E-state index in [1.165, 1.54) is 5.56 Å². The zero-order valence-corrected chi connectivity index (χ0v) is 28.2. The third-order valence-electron chi connectivity index (χ3n) is 7.12. The highest BCUT2D eigenvalue weighted by Crippen LogP contribution is 2.20. The highest BCUT2D eigenvalue weighted by molar-refractivity contribution is 8.02. The van der Waals surface area contributed by atoms with Crippen molar-refractivity contribution in [3.8, 4) is 0 Å². The van der Waals surface area contributed by atoms with Crippen LogP contribution in [0.5, 0.6) is 0 Å². The highest BCUT2D eigenvalue weighted by Gasteiger charge is 2.22. The van der Waals surface area contributed by atoms with Gasteiger partial charge in [0.1, 0.15) is 6.61 Å². The van der Waals surface area contributed by atoms with Gasteiger partial charge in [-0.15, -0.1) is 23.1 Å².